The molecule has 0 saturated carbocycles. The summed E-state index contributed by atoms with van der Waals surface area (Å²) in [7, 11) is 3.18. The van der Waals surface area contributed by atoms with Gasteiger partial charge < -0.3 is 20.7 Å². The van der Waals surface area contributed by atoms with Gasteiger partial charge in [0, 0.05) is 66.4 Å². The molecule has 4 heterocycles. The number of nitrogens with zero attached hydrogens (tertiary/aromatic N) is 4. The smallest absolute Gasteiger partial charge is 0.278 e. The summed E-state index contributed by atoms with van der Waals surface area (Å²) in [5.74, 6) is 0.957. The molecule has 0 spiro atoms. The van der Waals surface area contributed by atoms with Crippen molar-refractivity contribution in [2.24, 2.45) is 7.05 Å². The molecule has 224 valence electrons. The van der Waals surface area contributed by atoms with Crippen LogP contribution in [-0.2, 0) is 18.4 Å². The molecular weight excluding hydrogens is 601 g/mol. The van der Waals surface area contributed by atoms with E-state index in [9.17, 15) is 9.59 Å². The third-order valence-electron chi connectivity index (χ3n) is 7.60. The number of methoxy groups -OCH3 is 1. The molecule has 1 aliphatic heterocycles. The number of nitrogens with one attached hydrogen (secondary N) is 3. The molecule has 44 heavy (non-hydrogen) atoms. The molecule has 0 radical (unpaired) electrons. The van der Waals surface area contributed by atoms with E-state index in [1.807, 2.05) is 48.5 Å². The number of carbonyl (C=O) groups is 1. The van der Waals surface area contributed by atoms with Gasteiger partial charge in [0.25, 0.3) is 5.56 Å². The highest BCUT2D eigenvalue weighted by Crippen LogP contribution is 2.42. The molecule has 0 aliphatic carbocycles. The van der Waals surface area contributed by atoms with Crippen molar-refractivity contribution in [1.82, 2.24) is 30.4 Å². The number of ether oxygens (including phenoxy) is 1. The maximum Gasteiger partial charge on any atom is 0.278 e. The Morgan fingerprint density at radius 1 is 1.02 bits per heavy atom. The summed E-state index contributed by atoms with van der Waals surface area (Å²) in [6, 6.07) is 17.0. The Balaban J connectivity index is 1.28. The van der Waals surface area contributed by atoms with Crippen LogP contribution in [0.25, 0.3) is 33.2 Å². The second kappa shape index (κ2) is 12.6. The number of fused-ring (bicyclic) bond motifs is 1. The van der Waals surface area contributed by atoms with Crippen molar-refractivity contribution < 1.29 is 9.53 Å². The number of hydrogen-bond acceptors (Lipinski definition) is 8. The summed E-state index contributed by atoms with van der Waals surface area (Å²) in [6.07, 6.45) is 4.63. The van der Waals surface area contributed by atoms with Crippen molar-refractivity contribution in [2.45, 2.75) is 25.4 Å². The molecule has 1 fully saturated rings. The molecule has 0 unspecified atom stereocenters. The van der Waals surface area contributed by atoms with Gasteiger partial charge in [-0.3, -0.25) is 9.59 Å². The monoisotopic (exact) mass is 629 g/mol. The van der Waals surface area contributed by atoms with Gasteiger partial charge in [0.1, 0.15) is 5.82 Å². The zero-order chi connectivity index (χ0) is 30.8. The summed E-state index contributed by atoms with van der Waals surface area (Å²) in [6.45, 7) is 1.21. The van der Waals surface area contributed by atoms with E-state index in [1.165, 1.54) is 4.68 Å². The van der Waals surface area contributed by atoms with Gasteiger partial charge in [0.2, 0.25) is 11.8 Å². The van der Waals surface area contributed by atoms with E-state index in [0.29, 0.717) is 74.5 Å². The highest BCUT2D eigenvalue weighted by atomic mass is 35.5. The first kappa shape index (κ1) is 29.6. The number of aryl methyl sites for hydroxylation is 1. The standard InChI is InChI=1S/C32H29Cl2N7O3/c1-41-32(43)27-18(16-37-41)13-14-36-30(27)39-25-8-4-6-22(29(25)34)21-5-3-7-23(28(21)33)24-11-9-19(31(40-24)44-2)15-35-17-20-10-12-26(42)38-20/h3-9,11,13-14,16,20,35H,10,12,15,17H2,1-2H3,(H,36,39)(H,38,42)/t20-/m1/s1. The largest absolute Gasteiger partial charge is 0.481 e. The zero-order valence-corrected chi connectivity index (χ0v) is 25.5. The molecule has 6 rings (SSSR count). The number of rotatable bonds is 9. The maximum atomic E-state index is 12.9. The van der Waals surface area contributed by atoms with Crippen LogP contribution < -0.4 is 26.2 Å². The molecule has 5 aromatic rings. The van der Waals surface area contributed by atoms with E-state index in [0.717, 1.165) is 17.5 Å². The van der Waals surface area contributed by atoms with Crippen LogP contribution in [0, 0.1) is 0 Å². The lowest BCUT2D eigenvalue weighted by atomic mass is 10.00. The van der Waals surface area contributed by atoms with Crippen LogP contribution in [0.2, 0.25) is 10.0 Å². The lowest BCUT2D eigenvalue weighted by molar-refractivity contribution is -0.119. The number of benzene rings is 2. The minimum absolute atomic E-state index is 0.0930. The first-order valence-corrected chi connectivity index (χ1v) is 14.8. The lowest BCUT2D eigenvalue weighted by Crippen LogP contribution is -2.35. The Morgan fingerprint density at radius 2 is 1.80 bits per heavy atom. The van der Waals surface area contributed by atoms with Crippen molar-refractivity contribution in [3.8, 4) is 28.3 Å². The van der Waals surface area contributed by atoms with Gasteiger partial charge in [-0.15, -0.1) is 0 Å². The van der Waals surface area contributed by atoms with E-state index in [-0.39, 0.29) is 17.5 Å². The minimum Gasteiger partial charge on any atom is -0.481 e. The van der Waals surface area contributed by atoms with Gasteiger partial charge in [-0.05, 0) is 24.6 Å². The second-order valence-electron chi connectivity index (χ2n) is 10.5. The lowest BCUT2D eigenvalue weighted by Gasteiger charge is -2.16. The Morgan fingerprint density at radius 3 is 2.57 bits per heavy atom. The molecule has 3 aromatic heterocycles. The Bertz CT molecular complexity index is 1950. The molecule has 1 amide bonds. The van der Waals surface area contributed by atoms with Crippen LogP contribution in [0.4, 0.5) is 11.5 Å². The fourth-order valence-electron chi connectivity index (χ4n) is 5.31. The molecule has 1 saturated heterocycles. The van der Waals surface area contributed by atoms with Gasteiger partial charge in [0.15, 0.2) is 0 Å². The van der Waals surface area contributed by atoms with Crippen molar-refractivity contribution in [3.05, 3.63) is 93.0 Å². The number of pyridine rings is 2. The van der Waals surface area contributed by atoms with Crippen LogP contribution >= 0.6 is 23.2 Å². The van der Waals surface area contributed by atoms with E-state index in [2.05, 4.69) is 26.0 Å². The van der Waals surface area contributed by atoms with Crippen molar-refractivity contribution in [3.63, 3.8) is 0 Å². The van der Waals surface area contributed by atoms with Crippen LogP contribution in [0.1, 0.15) is 18.4 Å². The maximum absolute atomic E-state index is 12.9. The third kappa shape index (κ3) is 5.84. The Kier molecular flexibility index (Phi) is 8.47. The summed E-state index contributed by atoms with van der Waals surface area (Å²) in [5.41, 5.74) is 3.97. The predicted octanol–water partition coefficient (Wildman–Crippen LogP) is 5.48. The molecule has 2 aromatic carbocycles. The number of halogens is 2. The molecule has 1 atom stereocenters. The first-order valence-electron chi connectivity index (χ1n) is 14.0. The predicted molar refractivity (Wildman–Crippen MR) is 173 cm³/mol. The molecule has 10 nitrogen and oxygen atoms in total. The van der Waals surface area contributed by atoms with Gasteiger partial charge in [-0.1, -0.05) is 59.6 Å². The van der Waals surface area contributed by atoms with Crippen LogP contribution in [0.5, 0.6) is 5.88 Å². The number of carbonyl (C=O) groups excluding carboxylic acids is 1. The van der Waals surface area contributed by atoms with E-state index < -0.39 is 0 Å². The van der Waals surface area contributed by atoms with E-state index in [4.69, 9.17) is 32.9 Å². The first-order chi connectivity index (χ1) is 21.3. The number of amides is 1. The van der Waals surface area contributed by atoms with Gasteiger partial charge >= 0.3 is 0 Å². The fraction of sp³-hybridized carbons (Fsp3) is 0.219. The Labute approximate surface area is 263 Å². The zero-order valence-electron chi connectivity index (χ0n) is 24.0. The molecule has 0 bridgehead atoms. The second-order valence-corrected chi connectivity index (χ2v) is 11.2. The fourth-order valence-corrected chi connectivity index (χ4v) is 5.91. The van der Waals surface area contributed by atoms with Crippen molar-refractivity contribution >= 4 is 51.4 Å². The van der Waals surface area contributed by atoms with Gasteiger partial charge in [0.05, 0.1) is 40.1 Å². The average Bonchev–Trinajstić information content (AvgIpc) is 3.45. The van der Waals surface area contributed by atoms with Crippen LogP contribution in [0.3, 0.4) is 0 Å². The van der Waals surface area contributed by atoms with E-state index in [1.54, 1.807) is 32.6 Å². The molecular formula is C32H29Cl2N7O3. The number of anilines is 2. The normalized spacial score (nSPS) is 14.5. The number of aromatic nitrogens is 4. The van der Waals surface area contributed by atoms with Crippen LogP contribution in [-0.4, -0.2) is 45.4 Å². The Hall–Kier alpha value is -4.51. The summed E-state index contributed by atoms with van der Waals surface area (Å²) >= 11 is 14.0. The van der Waals surface area contributed by atoms with Gasteiger partial charge in [-0.2, -0.15) is 5.10 Å². The van der Waals surface area contributed by atoms with E-state index >= 15 is 0 Å². The quantitative estimate of drug-likeness (QED) is 0.196. The molecule has 12 heteroatoms. The van der Waals surface area contributed by atoms with Crippen molar-refractivity contribution in [2.75, 3.05) is 19.0 Å². The topological polar surface area (TPSA) is 123 Å². The highest BCUT2D eigenvalue weighted by molar-refractivity contribution is 6.39. The average molecular weight is 631 g/mol. The minimum atomic E-state index is -0.270. The summed E-state index contributed by atoms with van der Waals surface area (Å²) in [5, 5.41) is 15.6. The summed E-state index contributed by atoms with van der Waals surface area (Å²) in [4.78, 5) is 33.5. The highest BCUT2D eigenvalue weighted by Gasteiger charge is 2.21. The van der Waals surface area contributed by atoms with Crippen molar-refractivity contribution in [1.29, 1.82) is 0 Å². The molecule has 3 N–H and O–H groups in total. The molecule has 1 aliphatic rings. The third-order valence-corrected chi connectivity index (χ3v) is 8.42. The number of hydrogen-bond donors (Lipinski definition) is 3. The SMILES string of the molecule is COc1nc(-c2cccc(-c3cccc(Nc4nccc5cnn(C)c(=O)c45)c3Cl)c2Cl)ccc1CNC[C@H]1CCC(=O)N1. The van der Waals surface area contributed by atoms with Gasteiger partial charge in [-0.25, -0.2) is 14.6 Å². The van der Waals surface area contributed by atoms with Crippen LogP contribution in [0.15, 0.2) is 71.8 Å². The summed E-state index contributed by atoms with van der Waals surface area (Å²) < 4.78 is 6.88.